The van der Waals surface area contributed by atoms with Crippen molar-refractivity contribution in [2.75, 3.05) is 13.2 Å². The number of hydrogen-bond donors (Lipinski definition) is 0. The quantitative estimate of drug-likeness (QED) is 0.631. The van der Waals surface area contributed by atoms with Crippen LogP contribution in [0, 0.1) is 0 Å². The molecule has 0 bridgehead atoms. The van der Waals surface area contributed by atoms with Crippen molar-refractivity contribution in [3.63, 3.8) is 0 Å². The lowest BCUT2D eigenvalue weighted by Crippen LogP contribution is -2.22. The van der Waals surface area contributed by atoms with Crippen molar-refractivity contribution in [2.45, 2.75) is 12.4 Å². The number of alkyl halides is 6. The molecule has 1 rings (SSSR count). The van der Waals surface area contributed by atoms with Gasteiger partial charge in [-0.2, -0.15) is 26.3 Å². The molecule has 0 unspecified atom stereocenters. The van der Waals surface area contributed by atoms with E-state index in [-0.39, 0.29) is 0 Å². The normalized spacial score (nSPS) is 12.5. The number of carbonyl (C=O) groups is 1. The van der Waals surface area contributed by atoms with E-state index in [2.05, 4.69) is 9.72 Å². The molecule has 0 radical (unpaired) electrons. The summed E-state index contributed by atoms with van der Waals surface area (Å²) >= 11 is 0. The van der Waals surface area contributed by atoms with Crippen LogP contribution < -0.4 is 0 Å². The van der Waals surface area contributed by atoms with Gasteiger partial charge in [0.2, 0.25) is 0 Å². The van der Waals surface area contributed by atoms with E-state index in [0.29, 0.717) is 12.3 Å². The molecule has 0 aromatic carbocycles. The van der Waals surface area contributed by atoms with Crippen LogP contribution in [0.25, 0.3) is 0 Å². The van der Waals surface area contributed by atoms with Crippen LogP contribution in [0.4, 0.5) is 26.3 Å². The van der Waals surface area contributed by atoms with Gasteiger partial charge in [-0.25, -0.2) is 0 Å². The fraction of sp³-hybridized carbons (Fsp3) is 0.400. The standard InChI is InChI=1S/C10H7F6NO2/c11-9(12,13)5-19-4-8(18)6-3-17-2-1-7(6)10(14,15)16/h1-3H,4-5H2. The molecule has 0 aliphatic rings. The number of pyridine rings is 1. The molecule has 0 fully saturated rings. The zero-order valence-electron chi connectivity index (χ0n) is 9.18. The lowest BCUT2D eigenvalue weighted by Gasteiger charge is -2.11. The fourth-order valence-corrected chi connectivity index (χ4v) is 1.20. The molecule has 1 heterocycles. The topological polar surface area (TPSA) is 39.2 Å². The van der Waals surface area contributed by atoms with Gasteiger partial charge in [0, 0.05) is 12.4 Å². The molecular formula is C10H7F6NO2. The third-order valence-electron chi connectivity index (χ3n) is 1.93. The summed E-state index contributed by atoms with van der Waals surface area (Å²) in [4.78, 5) is 14.7. The minimum absolute atomic E-state index is 0.566. The second kappa shape index (κ2) is 5.55. The van der Waals surface area contributed by atoms with Crippen LogP contribution in [-0.4, -0.2) is 30.2 Å². The number of hydrogen-bond acceptors (Lipinski definition) is 3. The summed E-state index contributed by atoms with van der Waals surface area (Å²) in [5, 5.41) is 0. The van der Waals surface area contributed by atoms with Crippen LogP contribution >= 0.6 is 0 Å². The molecule has 1 aromatic rings. The van der Waals surface area contributed by atoms with Crippen LogP contribution in [0.5, 0.6) is 0 Å². The molecule has 0 N–H and O–H groups in total. The maximum absolute atomic E-state index is 12.5. The Morgan fingerprint density at radius 1 is 1.21 bits per heavy atom. The van der Waals surface area contributed by atoms with Crippen LogP contribution in [0.15, 0.2) is 18.5 Å². The fourth-order valence-electron chi connectivity index (χ4n) is 1.20. The number of ketones is 1. The number of Topliss-reactive ketones (excluding diaryl/α,β-unsaturated/α-hetero) is 1. The largest absolute Gasteiger partial charge is 0.417 e. The predicted molar refractivity (Wildman–Crippen MR) is 50.4 cm³/mol. The average molecular weight is 287 g/mol. The Morgan fingerprint density at radius 2 is 1.84 bits per heavy atom. The van der Waals surface area contributed by atoms with Crippen molar-refractivity contribution in [3.8, 4) is 0 Å². The lowest BCUT2D eigenvalue weighted by atomic mass is 10.1. The summed E-state index contributed by atoms with van der Waals surface area (Å²) in [6.45, 7) is -2.81. The maximum atomic E-state index is 12.5. The number of halogens is 6. The molecule has 106 valence electrons. The first-order valence-electron chi connectivity index (χ1n) is 4.80. The van der Waals surface area contributed by atoms with Crippen molar-refractivity contribution < 1.29 is 35.9 Å². The first-order chi connectivity index (χ1) is 8.61. The summed E-state index contributed by atoms with van der Waals surface area (Å²) in [5.74, 6) is -1.22. The summed E-state index contributed by atoms with van der Waals surface area (Å²) in [7, 11) is 0. The Kier molecular flexibility index (Phi) is 4.51. The van der Waals surface area contributed by atoms with Gasteiger partial charge in [0.25, 0.3) is 0 Å². The van der Waals surface area contributed by atoms with Gasteiger partial charge < -0.3 is 4.74 Å². The molecular weight excluding hydrogens is 280 g/mol. The Morgan fingerprint density at radius 3 is 2.37 bits per heavy atom. The number of carbonyl (C=O) groups excluding carboxylic acids is 1. The predicted octanol–water partition coefficient (Wildman–Crippen LogP) is 2.86. The van der Waals surface area contributed by atoms with E-state index in [0.717, 1.165) is 6.20 Å². The zero-order valence-corrected chi connectivity index (χ0v) is 9.18. The van der Waals surface area contributed by atoms with Crippen molar-refractivity contribution in [3.05, 3.63) is 29.6 Å². The highest BCUT2D eigenvalue weighted by Crippen LogP contribution is 2.31. The monoisotopic (exact) mass is 287 g/mol. The second-order valence-electron chi connectivity index (χ2n) is 3.45. The molecule has 0 spiro atoms. The zero-order chi connectivity index (χ0) is 14.7. The second-order valence-corrected chi connectivity index (χ2v) is 3.45. The van der Waals surface area contributed by atoms with Gasteiger partial charge in [-0.15, -0.1) is 0 Å². The van der Waals surface area contributed by atoms with Gasteiger partial charge in [-0.1, -0.05) is 0 Å². The molecule has 3 nitrogen and oxygen atoms in total. The van der Waals surface area contributed by atoms with Gasteiger partial charge in [-0.3, -0.25) is 9.78 Å². The SMILES string of the molecule is O=C(COCC(F)(F)F)c1cnccc1C(F)(F)F. The summed E-state index contributed by atoms with van der Waals surface area (Å²) in [6.07, 6.45) is -7.97. The van der Waals surface area contributed by atoms with Crippen LogP contribution in [0.2, 0.25) is 0 Å². The van der Waals surface area contributed by atoms with E-state index in [4.69, 9.17) is 0 Å². The molecule has 1 aromatic heterocycles. The average Bonchev–Trinajstić information content (AvgIpc) is 2.26. The summed E-state index contributed by atoms with van der Waals surface area (Å²) in [5.41, 5.74) is -2.08. The Bertz CT molecular complexity index is 454. The van der Waals surface area contributed by atoms with Gasteiger partial charge >= 0.3 is 12.4 Å². The Labute approximate surface area is 103 Å². The Hall–Kier alpha value is -1.64. The van der Waals surface area contributed by atoms with Crippen LogP contribution in [0.1, 0.15) is 15.9 Å². The number of rotatable bonds is 4. The van der Waals surface area contributed by atoms with Crippen molar-refractivity contribution >= 4 is 5.78 Å². The van der Waals surface area contributed by atoms with Crippen LogP contribution in [0.3, 0.4) is 0 Å². The number of nitrogens with zero attached hydrogens (tertiary/aromatic N) is 1. The highest BCUT2D eigenvalue weighted by atomic mass is 19.4. The van der Waals surface area contributed by atoms with Gasteiger partial charge in [0.1, 0.15) is 13.2 Å². The van der Waals surface area contributed by atoms with E-state index in [1.807, 2.05) is 0 Å². The van der Waals surface area contributed by atoms with Crippen molar-refractivity contribution in [1.82, 2.24) is 4.98 Å². The smallest absolute Gasteiger partial charge is 0.364 e. The molecule has 0 aliphatic carbocycles. The Balaban J connectivity index is 2.78. The third kappa shape index (κ3) is 4.86. The summed E-state index contributed by atoms with van der Waals surface area (Å²) in [6, 6.07) is 0.566. The van der Waals surface area contributed by atoms with E-state index in [1.54, 1.807) is 0 Å². The van der Waals surface area contributed by atoms with Gasteiger partial charge in [-0.05, 0) is 6.07 Å². The lowest BCUT2D eigenvalue weighted by molar-refractivity contribution is -0.171. The third-order valence-corrected chi connectivity index (χ3v) is 1.93. The highest BCUT2D eigenvalue weighted by Gasteiger charge is 2.35. The molecule has 19 heavy (non-hydrogen) atoms. The molecule has 0 amide bonds. The number of ether oxygens (including phenoxy) is 1. The molecule has 0 atom stereocenters. The maximum Gasteiger partial charge on any atom is 0.417 e. The minimum atomic E-state index is -4.79. The molecule has 9 heteroatoms. The highest BCUT2D eigenvalue weighted by molar-refractivity contribution is 5.98. The first kappa shape index (κ1) is 15.4. The van der Waals surface area contributed by atoms with Crippen molar-refractivity contribution in [2.24, 2.45) is 0 Å². The molecule has 0 saturated heterocycles. The van der Waals surface area contributed by atoms with E-state index in [1.165, 1.54) is 0 Å². The van der Waals surface area contributed by atoms with Crippen molar-refractivity contribution in [1.29, 1.82) is 0 Å². The van der Waals surface area contributed by atoms with Gasteiger partial charge in [0.05, 0.1) is 11.1 Å². The number of aromatic nitrogens is 1. The molecule has 0 saturated carbocycles. The van der Waals surface area contributed by atoms with E-state index in [9.17, 15) is 31.1 Å². The van der Waals surface area contributed by atoms with E-state index < -0.39 is 42.5 Å². The van der Waals surface area contributed by atoms with Crippen LogP contribution in [-0.2, 0) is 10.9 Å². The van der Waals surface area contributed by atoms with E-state index >= 15 is 0 Å². The summed E-state index contributed by atoms with van der Waals surface area (Å²) < 4.78 is 76.8. The van der Waals surface area contributed by atoms with Gasteiger partial charge in [0.15, 0.2) is 5.78 Å². The first-order valence-corrected chi connectivity index (χ1v) is 4.80. The molecule has 0 aliphatic heterocycles. The minimum Gasteiger partial charge on any atom is -0.364 e.